The molecule has 2 aromatic rings. The molecule has 0 radical (unpaired) electrons. The van der Waals surface area contributed by atoms with Crippen LogP contribution in [-0.2, 0) is 0 Å². The van der Waals surface area contributed by atoms with Crippen molar-refractivity contribution in [1.29, 1.82) is 0 Å². The van der Waals surface area contributed by atoms with Crippen molar-refractivity contribution in [3.05, 3.63) is 16.7 Å². The molecule has 2 N–H and O–H groups in total. The van der Waals surface area contributed by atoms with Crippen molar-refractivity contribution in [2.75, 3.05) is 11.9 Å². The highest BCUT2D eigenvalue weighted by Crippen LogP contribution is 2.29. The van der Waals surface area contributed by atoms with Crippen molar-refractivity contribution < 1.29 is 5.11 Å². The third-order valence-corrected chi connectivity index (χ3v) is 4.42. The first kappa shape index (κ1) is 12.1. The number of aromatic nitrogens is 2. The molecule has 1 aliphatic rings. The minimum atomic E-state index is -0.187. The smallest absolute Gasteiger partial charge is 0.225 e. The number of hydrogen-bond donors (Lipinski definition) is 2. The van der Waals surface area contributed by atoms with Crippen LogP contribution >= 0.6 is 22.9 Å². The van der Waals surface area contributed by atoms with Gasteiger partial charge in [-0.25, -0.2) is 9.97 Å². The molecule has 1 saturated carbocycles. The van der Waals surface area contributed by atoms with Crippen LogP contribution in [0, 0.1) is 5.92 Å². The molecule has 0 bridgehead atoms. The second kappa shape index (κ2) is 4.99. The van der Waals surface area contributed by atoms with Crippen molar-refractivity contribution >= 4 is 39.0 Å². The van der Waals surface area contributed by atoms with Gasteiger partial charge in [-0.3, -0.25) is 0 Å². The lowest BCUT2D eigenvalue weighted by molar-refractivity contribution is 0.138. The van der Waals surface area contributed by atoms with Crippen LogP contribution in [-0.4, -0.2) is 27.7 Å². The van der Waals surface area contributed by atoms with Gasteiger partial charge in [0.25, 0.3) is 0 Å². The highest BCUT2D eigenvalue weighted by molar-refractivity contribution is 7.16. The Morgan fingerprint density at radius 2 is 2.33 bits per heavy atom. The van der Waals surface area contributed by atoms with E-state index in [0.717, 1.165) is 41.8 Å². The minimum absolute atomic E-state index is 0.187. The summed E-state index contributed by atoms with van der Waals surface area (Å²) in [5, 5.41) is 16.3. The Labute approximate surface area is 114 Å². The molecule has 18 heavy (non-hydrogen) atoms. The van der Waals surface area contributed by atoms with E-state index in [9.17, 15) is 5.11 Å². The highest BCUT2D eigenvalue weighted by atomic mass is 35.5. The molecule has 4 nitrogen and oxygen atoms in total. The number of halogens is 1. The predicted octanol–water partition coefficient (Wildman–Crippen LogP) is 2.92. The minimum Gasteiger partial charge on any atom is -0.393 e. The summed E-state index contributed by atoms with van der Waals surface area (Å²) in [5.74, 6) is 1.08. The summed E-state index contributed by atoms with van der Waals surface area (Å²) in [5.41, 5.74) is 0. The molecule has 1 fully saturated rings. The Morgan fingerprint density at radius 3 is 3.11 bits per heavy atom. The number of rotatable bonds is 3. The average Bonchev–Trinajstić information content (AvgIpc) is 2.94. The molecule has 2 unspecified atom stereocenters. The van der Waals surface area contributed by atoms with Crippen LogP contribution in [0.5, 0.6) is 0 Å². The van der Waals surface area contributed by atoms with Crippen LogP contribution in [0.3, 0.4) is 0 Å². The van der Waals surface area contributed by atoms with E-state index < -0.39 is 0 Å². The Hall–Kier alpha value is -0.910. The monoisotopic (exact) mass is 283 g/mol. The summed E-state index contributed by atoms with van der Waals surface area (Å²) < 4.78 is 0. The van der Waals surface area contributed by atoms with E-state index in [1.807, 2.05) is 11.4 Å². The largest absolute Gasteiger partial charge is 0.393 e. The molecule has 0 aromatic carbocycles. The number of nitrogens with one attached hydrogen (secondary N) is 1. The summed E-state index contributed by atoms with van der Waals surface area (Å²) in [7, 11) is 0. The van der Waals surface area contributed by atoms with Crippen molar-refractivity contribution in [3.63, 3.8) is 0 Å². The Balaban J connectivity index is 1.79. The number of thiophene rings is 1. The Morgan fingerprint density at radius 1 is 1.44 bits per heavy atom. The zero-order chi connectivity index (χ0) is 12.5. The van der Waals surface area contributed by atoms with Gasteiger partial charge >= 0.3 is 0 Å². The SMILES string of the molecule is OC1CCCC1CNc1nc(Cl)nc2sccc12. The van der Waals surface area contributed by atoms with E-state index in [2.05, 4.69) is 15.3 Å². The summed E-state index contributed by atoms with van der Waals surface area (Å²) in [6.07, 6.45) is 2.89. The zero-order valence-corrected chi connectivity index (χ0v) is 11.3. The molecule has 0 saturated heterocycles. The fourth-order valence-corrected chi connectivity index (χ4v) is 3.43. The van der Waals surface area contributed by atoms with Gasteiger partial charge in [0.15, 0.2) is 0 Å². The molecule has 0 spiro atoms. The number of hydrogen-bond acceptors (Lipinski definition) is 5. The first-order valence-electron chi connectivity index (χ1n) is 6.07. The normalized spacial score (nSPS) is 23.7. The fourth-order valence-electron chi connectivity index (χ4n) is 2.45. The highest BCUT2D eigenvalue weighted by Gasteiger charge is 2.25. The van der Waals surface area contributed by atoms with Gasteiger partial charge in [0.05, 0.1) is 11.5 Å². The summed E-state index contributed by atoms with van der Waals surface area (Å²) >= 11 is 7.45. The van der Waals surface area contributed by atoms with Gasteiger partial charge in [-0.1, -0.05) is 6.42 Å². The van der Waals surface area contributed by atoms with Gasteiger partial charge < -0.3 is 10.4 Å². The van der Waals surface area contributed by atoms with Crippen LogP contribution in [0.4, 0.5) is 5.82 Å². The van der Waals surface area contributed by atoms with Crippen molar-refractivity contribution in [3.8, 4) is 0 Å². The Kier molecular flexibility index (Phi) is 3.37. The summed E-state index contributed by atoms with van der Waals surface area (Å²) in [6, 6.07) is 1.99. The van der Waals surface area contributed by atoms with Crippen LogP contribution in [0.25, 0.3) is 10.2 Å². The maximum atomic E-state index is 9.80. The van der Waals surface area contributed by atoms with E-state index in [4.69, 9.17) is 11.6 Å². The van der Waals surface area contributed by atoms with E-state index in [0.29, 0.717) is 5.92 Å². The summed E-state index contributed by atoms with van der Waals surface area (Å²) in [6.45, 7) is 0.736. The molecule has 2 aromatic heterocycles. The number of anilines is 1. The fraction of sp³-hybridized carbons (Fsp3) is 0.500. The molecular formula is C12H14ClN3OS. The van der Waals surface area contributed by atoms with Gasteiger partial charge in [-0.15, -0.1) is 11.3 Å². The number of nitrogens with zero attached hydrogens (tertiary/aromatic N) is 2. The van der Waals surface area contributed by atoms with E-state index in [-0.39, 0.29) is 11.4 Å². The quantitative estimate of drug-likeness (QED) is 0.851. The molecule has 3 rings (SSSR count). The lowest BCUT2D eigenvalue weighted by atomic mass is 10.1. The zero-order valence-electron chi connectivity index (χ0n) is 9.77. The lowest BCUT2D eigenvalue weighted by Crippen LogP contribution is -2.22. The molecule has 2 atom stereocenters. The van der Waals surface area contributed by atoms with Gasteiger partial charge in [-0.05, 0) is 35.9 Å². The Bertz CT molecular complexity index is 559. The molecule has 2 heterocycles. The predicted molar refractivity (Wildman–Crippen MR) is 74.3 cm³/mol. The van der Waals surface area contributed by atoms with Crippen LogP contribution in [0.1, 0.15) is 19.3 Å². The topological polar surface area (TPSA) is 58.0 Å². The maximum absolute atomic E-state index is 9.80. The van der Waals surface area contributed by atoms with Crippen LogP contribution in [0.2, 0.25) is 5.28 Å². The lowest BCUT2D eigenvalue weighted by Gasteiger charge is -2.15. The third-order valence-electron chi connectivity index (χ3n) is 3.45. The molecule has 96 valence electrons. The van der Waals surface area contributed by atoms with E-state index in [1.165, 1.54) is 0 Å². The molecule has 1 aliphatic carbocycles. The van der Waals surface area contributed by atoms with Crippen molar-refractivity contribution in [2.24, 2.45) is 5.92 Å². The molecular weight excluding hydrogens is 270 g/mol. The molecule has 0 amide bonds. The van der Waals surface area contributed by atoms with Gasteiger partial charge in [0, 0.05) is 12.5 Å². The molecule has 0 aliphatic heterocycles. The van der Waals surface area contributed by atoms with E-state index >= 15 is 0 Å². The van der Waals surface area contributed by atoms with Gasteiger partial charge in [0.1, 0.15) is 10.6 Å². The van der Waals surface area contributed by atoms with Crippen molar-refractivity contribution in [1.82, 2.24) is 9.97 Å². The standard InChI is InChI=1S/C12H14ClN3OS/c13-12-15-10(8-4-5-18-11(8)16-12)14-6-7-2-1-3-9(7)17/h4-5,7,9,17H,1-3,6H2,(H,14,15,16). The van der Waals surface area contributed by atoms with E-state index in [1.54, 1.807) is 11.3 Å². The number of fused-ring (bicyclic) bond motifs is 1. The first-order valence-corrected chi connectivity index (χ1v) is 7.32. The molecule has 6 heteroatoms. The number of aliphatic hydroxyl groups is 1. The van der Waals surface area contributed by atoms with Crippen LogP contribution < -0.4 is 5.32 Å². The van der Waals surface area contributed by atoms with Gasteiger partial charge in [0.2, 0.25) is 5.28 Å². The number of aliphatic hydroxyl groups excluding tert-OH is 1. The van der Waals surface area contributed by atoms with Crippen molar-refractivity contribution in [2.45, 2.75) is 25.4 Å². The van der Waals surface area contributed by atoms with Crippen LogP contribution in [0.15, 0.2) is 11.4 Å². The average molecular weight is 284 g/mol. The first-order chi connectivity index (χ1) is 8.74. The summed E-state index contributed by atoms with van der Waals surface area (Å²) in [4.78, 5) is 9.30. The maximum Gasteiger partial charge on any atom is 0.225 e. The third kappa shape index (κ3) is 2.30. The second-order valence-corrected chi connectivity index (χ2v) is 5.85. The van der Waals surface area contributed by atoms with Gasteiger partial charge in [-0.2, -0.15) is 0 Å². The second-order valence-electron chi connectivity index (χ2n) is 4.62.